The van der Waals surface area contributed by atoms with Gasteiger partial charge in [-0.1, -0.05) is 5.11 Å². The molecule has 74 valence electrons. The lowest BCUT2D eigenvalue weighted by Gasteiger charge is -1.95. The maximum absolute atomic E-state index is 11.1. The van der Waals surface area contributed by atoms with Gasteiger partial charge in [0, 0.05) is 23.2 Å². The molecule has 1 heterocycles. The fourth-order valence-corrected chi connectivity index (χ4v) is 1.01. The Balaban J connectivity index is 2.64. The Bertz CT molecular complexity index is 454. The van der Waals surface area contributed by atoms with Crippen LogP contribution in [0.5, 0.6) is 0 Å². The molecule has 0 unspecified atom stereocenters. The summed E-state index contributed by atoms with van der Waals surface area (Å²) in [5.74, 6) is 0. The monoisotopic (exact) mass is 195 g/mol. The van der Waals surface area contributed by atoms with Crippen molar-refractivity contribution in [2.45, 2.75) is 12.8 Å². The lowest BCUT2D eigenvalue weighted by atomic mass is 10.2. The number of nitrogens with one attached hydrogen (secondary N) is 2. The first-order chi connectivity index (χ1) is 6.74. The molecule has 0 aliphatic heterocycles. The topological polar surface area (TPSA) is 114 Å². The summed E-state index contributed by atoms with van der Waals surface area (Å²) in [6.07, 6.45) is 2.43. The van der Waals surface area contributed by atoms with Crippen LogP contribution in [0.15, 0.2) is 20.9 Å². The van der Waals surface area contributed by atoms with Crippen LogP contribution >= 0.6 is 0 Å². The van der Waals surface area contributed by atoms with Crippen molar-refractivity contribution >= 4 is 0 Å². The summed E-state index contributed by atoms with van der Waals surface area (Å²) in [4.78, 5) is 28.8. The van der Waals surface area contributed by atoms with Crippen LogP contribution in [0.25, 0.3) is 10.4 Å². The van der Waals surface area contributed by atoms with Gasteiger partial charge in [0.1, 0.15) is 0 Å². The van der Waals surface area contributed by atoms with Crippen molar-refractivity contribution in [2.24, 2.45) is 5.11 Å². The molecule has 0 aliphatic carbocycles. The van der Waals surface area contributed by atoms with Gasteiger partial charge in [0.25, 0.3) is 5.56 Å². The van der Waals surface area contributed by atoms with Gasteiger partial charge in [-0.3, -0.25) is 9.78 Å². The van der Waals surface area contributed by atoms with Crippen LogP contribution in [0, 0.1) is 0 Å². The standard InChI is InChI=1S/C7H9N5O2/c8-12-10-3-1-2-5-4-9-7(14)11-6(5)13/h4H,1-3H2,(H2,9,11,13,14). The molecule has 0 aromatic carbocycles. The number of rotatable bonds is 4. The van der Waals surface area contributed by atoms with E-state index in [1.807, 2.05) is 0 Å². The van der Waals surface area contributed by atoms with E-state index in [2.05, 4.69) is 20.0 Å². The van der Waals surface area contributed by atoms with E-state index in [1.165, 1.54) is 6.20 Å². The molecule has 0 fully saturated rings. The highest BCUT2D eigenvalue weighted by Gasteiger charge is 1.98. The normalized spacial score (nSPS) is 9.43. The molecule has 14 heavy (non-hydrogen) atoms. The molecule has 7 nitrogen and oxygen atoms in total. The van der Waals surface area contributed by atoms with Crippen molar-refractivity contribution in [3.63, 3.8) is 0 Å². The van der Waals surface area contributed by atoms with Crippen molar-refractivity contribution in [3.05, 3.63) is 43.0 Å². The first-order valence-electron chi connectivity index (χ1n) is 4.06. The lowest BCUT2D eigenvalue weighted by Crippen LogP contribution is -2.24. The van der Waals surface area contributed by atoms with Crippen LogP contribution in [-0.4, -0.2) is 16.5 Å². The SMILES string of the molecule is [N-]=[N+]=NCCCc1c[nH]c(=O)[nH]c1=O. The van der Waals surface area contributed by atoms with Crippen molar-refractivity contribution in [1.82, 2.24) is 9.97 Å². The number of hydrogen-bond donors (Lipinski definition) is 2. The fraction of sp³-hybridized carbons (Fsp3) is 0.429. The third kappa shape index (κ3) is 2.80. The summed E-state index contributed by atoms with van der Waals surface area (Å²) < 4.78 is 0. The minimum absolute atomic E-state index is 0.342. The molecule has 1 aromatic heterocycles. The van der Waals surface area contributed by atoms with Gasteiger partial charge in [0.05, 0.1) is 0 Å². The summed E-state index contributed by atoms with van der Waals surface area (Å²) >= 11 is 0. The first-order valence-corrected chi connectivity index (χ1v) is 4.06. The molecule has 0 saturated heterocycles. The largest absolute Gasteiger partial charge is 0.325 e. The zero-order chi connectivity index (χ0) is 10.4. The van der Waals surface area contributed by atoms with Crippen molar-refractivity contribution in [3.8, 4) is 0 Å². The Kier molecular flexibility index (Phi) is 3.51. The maximum Gasteiger partial charge on any atom is 0.325 e. The van der Waals surface area contributed by atoms with Gasteiger partial charge in [0.2, 0.25) is 0 Å². The zero-order valence-electron chi connectivity index (χ0n) is 7.36. The summed E-state index contributed by atoms with van der Waals surface area (Å²) in [6, 6.07) is 0. The minimum atomic E-state index is -0.520. The number of H-pyrrole nitrogens is 2. The van der Waals surface area contributed by atoms with Gasteiger partial charge in [-0.15, -0.1) is 0 Å². The molecule has 0 spiro atoms. The van der Waals surface area contributed by atoms with Crippen LogP contribution in [0.3, 0.4) is 0 Å². The van der Waals surface area contributed by atoms with Gasteiger partial charge in [-0.2, -0.15) is 0 Å². The summed E-state index contributed by atoms with van der Waals surface area (Å²) in [6.45, 7) is 0.342. The van der Waals surface area contributed by atoms with E-state index in [4.69, 9.17) is 5.53 Å². The number of nitrogens with zero attached hydrogens (tertiary/aromatic N) is 3. The van der Waals surface area contributed by atoms with E-state index < -0.39 is 11.2 Å². The molecular formula is C7H9N5O2. The Labute approximate surface area is 78.4 Å². The lowest BCUT2D eigenvalue weighted by molar-refractivity contribution is 0.805. The smallest absolute Gasteiger partial charge is 0.314 e. The Morgan fingerprint density at radius 3 is 2.93 bits per heavy atom. The molecular weight excluding hydrogens is 186 g/mol. The van der Waals surface area contributed by atoms with Gasteiger partial charge in [-0.05, 0) is 18.4 Å². The van der Waals surface area contributed by atoms with E-state index in [0.717, 1.165) is 0 Å². The Hall–Kier alpha value is -2.01. The second-order valence-corrected chi connectivity index (χ2v) is 2.66. The number of aryl methyl sites for hydroxylation is 1. The molecule has 0 saturated carbocycles. The first kappa shape index (κ1) is 10.1. The Morgan fingerprint density at radius 1 is 1.50 bits per heavy atom. The highest BCUT2D eigenvalue weighted by molar-refractivity contribution is 5.03. The van der Waals surface area contributed by atoms with Gasteiger partial charge in [-0.25, -0.2) is 4.79 Å². The highest BCUT2D eigenvalue weighted by Crippen LogP contribution is 1.93. The van der Waals surface area contributed by atoms with E-state index in [-0.39, 0.29) is 0 Å². The van der Waals surface area contributed by atoms with Crippen LogP contribution in [-0.2, 0) is 6.42 Å². The third-order valence-electron chi connectivity index (χ3n) is 1.66. The van der Waals surface area contributed by atoms with Crippen LogP contribution in [0.1, 0.15) is 12.0 Å². The molecule has 0 atom stereocenters. The number of hydrogen-bond acceptors (Lipinski definition) is 3. The van der Waals surface area contributed by atoms with Crippen LogP contribution < -0.4 is 11.2 Å². The fourth-order valence-electron chi connectivity index (χ4n) is 1.01. The summed E-state index contributed by atoms with van der Waals surface area (Å²) in [7, 11) is 0. The van der Waals surface area contributed by atoms with Gasteiger partial charge in [0.15, 0.2) is 0 Å². The average Bonchev–Trinajstić information content (AvgIpc) is 2.15. The minimum Gasteiger partial charge on any atom is -0.314 e. The van der Waals surface area contributed by atoms with E-state index in [1.54, 1.807) is 0 Å². The molecule has 0 aliphatic rings. The van der Waals surface area contributed by atoms with Crippen LogP contribution in [0.4, 0.5) is 0 Å². The number of aromatic amines is 2. The second-order valence-electron chi connectivity index (χ2n) is 2.66. The molecule has 2 N–H and O–H groups in total. The second kappa shape index (κ2) is 4.88. The third-order valence-corrected chi connectivity index (χ3v) is 1.66. The Morgan fingerprint density at radius 2 is 2.29 bits per heavy atom. The maximum atomic E-state index is 11.1. The highest BCUT2D eigenvalue weighted by atomic mass is 16.2. The van der Waals surface area contributed by atoms with Crippen molar-refractivity contribution in [1.29, 1.82) is 0 Å². The molecule has 1 rings (SSSR count). The molecule has 0 amide bonds. The van der Waals surface area contributed by atoms with E-state index in [0.29, 0.717) is 24.9 Å². The zero-order valence-corrected chi connectivity index (χ0v) is 7.36. The molecule has 1 aromatic rings. The van der Waals surface area contributed by atoms with Crippen LogP contribution in [0.2, 0.25) is 0 Å². The van der Waals surface area contributed by atoms with Gasteiger partial charge >= 0.3 is 5.69 Å². The quantitative estimate of drug-likeness (QED) is 0.311. The average molecular weight is 195 g/mol. The molecule has 7 heteroatoms. The van der Waals surface area contributed by atoms with Gasteiger partial charge < -0.3 is 4.98 Å². The predicted octanol–water partition coefficient (Wildman–Crippen LogP) is 0.306. The number of azide groups is 1. The molecule has 0 radical (unpaired) electrons. The summed E-state index contributed by atoms with van der Waals surface area (Å²) in [5.41, 5.74) is 7.57. The molecule has 0 bridgehead atoms. The van der Waals surface area contributed by atoms with Crippen molar-refractivity contribution < 1.29 is 0 Å². The van der Waals surface area contributed by atoms with Crippen molar-refractivity contribution in [2.75, 3.05) is 6.54 Å². The van der Waals surface area contributed by atoms with E-state index >= 15 is 0 Å². The number of aromatic nitrogens is 2. The predicted molar refractivity (Wildman–Crippen MR) is 50.0 cm³/mol. The summed E-state index contributed by atoms with van der Waals surface area (Å²) in [5, 5.41) is 3.33. The van der Waals surface area contributed by atoms with E-state index in [9.17, 15) is 9.59 Å².